The number of benzene rings is 2. The third-order valence-corrected chi connectivity index (χ3v) is 8.59. The summed E-state index contributed by atoms with van der Waals surface area (Å²) in [5, 5.41) is 0. The van der Waals surface area contributed by atoms with E-state index < -0.39 is 17.6 Å². The predicted octanol–water partition coefficient (Wildman–Crippen LogP) is 9.40. The summed E-state index contributed by atoms with van der Waals surface area (Å²) in [6.07, 6.45) is 11.3. The van der Waals surface area contributed by atoms with Gasteiger partial charge in [-0.15, -0.1) is 0 Å². The molecule has 37 heavy (non-hydrogen) atoms. The van der Waals surface area contributed by atoms with Crippen molar-refractivity contribution in [3.8, 4) is 0 Å². The van der Waals surface area contributed by atoms with Crippen LogP contribution < -0.4 is 0 Å². The summed E-state index contributed by atoms with van der Waals surface area (Å²) in [6, 6.07) is 8.51. The van der Waals surface area contributed by atoms with Gasteiger partial charge in [-0.3, -0.25) is 0 Å². The maximum Gasteiger partial charge on any atom is 0.341 e. The number of aryl methyl sites for hydroxylation is 1. The van der Waals surface area contributed by atoms with Crippen LogP contribution in [0, 0.1) is 23.4 Å². The van der Waals surface area contributed by atoms with Crippen molar-refractivity contribution in [3.05, 3.63) is 70.0 Å². The van der Waals surface area contributed by atoms with E-state index in [0.29, 0.717) is 37.2 Å². The van der Waals surface area contributed by atoms with Gasteiger partial charge in [-0.2, -0.15) is 0 Å². The molecular formula is C32H41F3O2. The zero-order valence-electron chi connectivity index (χ0n) is 22.3. The fraction of sp³-hybridized carbons (Fsp3) is 0.594. The molecule has 0 aliphatic heterocycles. The molecule has 2 aromatic rings. The third-order valence-electron chi connectivity index (χ3n) is 8.59. The Bertz CT molecular complexity index is 1050. The molecule has 2 aliphatic rings. The molecule has 0 amide bonds. The van der Waals surface area contributed by atoms with Crippen LogP contribution >= 0.6 is 0 Å². The van der Waals surface area contributed by atoms with Gasteiger partial charge in [-0.25, -0.2) is 18.0 Å². The first-order valence-corrected chi connectivity index (χ1v) is 14.4. The molecule has 0 bridgehead atoms. The summed E-state index contributed by atoms with van der Waals surface area (Å²) in [6.45, 7) is 4.30. The molecule has 0 saturated heterocycles. The number of carbonyl (C=O) groups excluding carboxylic acids is 1. The van der Waals surface area contributed by atoms with Crippen molar-refractivity contribution < 1.29 is 22.7 Å². The molecule has 5 heteroatoms. The van der Waals surface area contributed by atoms with Gasteiger partial charge in [0.05, 0.1) is 5.56 Å². The number of halogens is 3. The second kappa shape index (κ2) is 13.0. The van der Waals surface area contributed by atoms with Crippen LogP contribution in [0.3, 0.4) is 0 Å². The van der Waals surface area contributed by atoms with E-state index in [1.165, 1.54) is 12.5 Å². The van der Waals surface area contributed by atoms with Gasteiger partial charge in [0.25, 0.3) is 0 Å². The second-order valence-corrected chi connectivity index (χ2v) is 11.2. The molecule has 0 heterocycles. The average Bonchev–Trinajstić information content (AvgIpc) is 2.90. The molecular weight excluding hydrogens is 473 g/mol. The number of hydrogen-bond acceptors (Lipinski definition) is 2. The van der Waals surface area contributed by atoms with Crippen LogP contribution in [0.4, 0.5) is 13.2 Å². The van der Waals surface area contributed by atoms with Crippen LogP contribution in [0.15, 0.2) is 30.3 Å². The third kappa shape index (κ3) is 6.78. The van der Waals surface area contributed by atoms with Crippen LogP contribution in [-0.4, -0.2) is 12.1 Å². The minimum Gasteiger partial charge on any atom is -0.459 e. The topological polar surface area (TPSA) is 26.3 Å². The van der Waals surface area contributed by atoms with Crippen LogP contribution in [-0.2, 0) is 11.2 Å². The molecule has 2 saturated carbocycles. The summed E-state index contributed by atoms with van der Waals surface area (Å²) in [7, 11) is 0. The zero-order chi connectivity index (χ0) is 26.4. The highest BCUT2D eigenvalue weighted by molar-refractivity contribution is 5.90. The lowest BCUT2D eigenvalue weighted by Gasteiger charge is -2.29. The number of ether oxygens (including phenoxy) is 1. The normalized spacial score (nSPS) is 24.1. The molecule has 2 aliphatic carbocycles. The van der Waals surface area contributed by atoms with Crippen LogP contribution in [0.1, 0.15) is 130 Å². The van der Waals surface area contributed by atoms with Gasteiger partial charge in [-0.1, -0.05) is 51.3 Å². The summed E-state index contributed by atoms with van der Waals surface area (Å²) in [5.74, 6) is -2.22. The smallest absolute Gasteiger partial charge is 0.341 e. The Balaban J connectivity index is 1.32. The first kappa shape index (κ1) is 27.7. The monoisotopic (exact) mass is 514 g/mol. The molecule has 0 radical (unpaired) electrons. The molecule has 0 aromatic heterocycles. The largest absolute Gasteiger partial charge is 0.459 e. The highest BCUT2D eigenvalue weighted by Gasteiger charge is 2.30. The molecule has 0 spiro atoms. The summed E-state index contributed by atoms with van der Waals surface area (Å²) in [4.78, 5) is 12.7. The van der Waals surface area contributed by atoms with Gasteiger partial charge < -0.3 is 4.74 Å². The van der Waals surface area contributed by atoms with Crippen molar-refractivity contribution in [1.82, 2.24) is 0 Å². The number of carbonyl (C=O) groups is 1. The maximum absolute atomic E-state index is 15.0. The van der Waals surface area contributed by atoms with Crippen molar-refractivity contribution in [1.29, 1.82) is 0 Å². The molecule has 2 aromatic carbocycles. The lowest BCUT2D eigenvalue weighted by atomic mass is 9.77. The lowest BCUT2D eigenvalue weighted by Crippen LogP contribution is -2.25. The van der Waals surface area contributed by atoms with Crippen molar-refractivity contribution >= 4 is 5.97 Å². The van der Waals surface area contributed by atoms with E-state index in [-0.39, 0.29) is 29.3 Å². The highest BCUT2D eigenvalue weighted by atomic mass is 19.2. The molecule has 2 nitrogen and oxygen atoms in total. The minimum absolute atomic E-state index is 0.00376. The fourth-order valence-corrected chi connectivity index (χ4v) is 6.35. The van der Waals surface area contributed by atoms with Gasteiger partial charge in [0, 0.05) is 0 Å². The van der Waals surface area contributed by atoms with Crippen LogP contribution in [0.2, 0.25) is 0 Å². The highest BCUT2D eigenvalue weighted by Crippen LogP contribution is 2.40. The first-order valence-electron chi connectivity index (χ1n) is 14.4. The van der Waals surface area contributed by atoms with Crippen molar-refractivity contribution in [3.63, 3.8) is 0 Å². The average molecular weight is 515 g/mol. The number of unbranched alkanes of at least 4 members (excludes halogenated alkanes) is 1. The predicted molar refractivity (Wildman–Crippen MR) is 141 cm³/mol. The van der Waals surface area contributed by atoms with Crippen molar-refractivity contribution in [2.45, 2.75) is 115 Å². The van der Waals surface area contributed by atoms with E-state index in [1.54, 1.807) is 12.1 Å². The molecule has 202 valence electrons. The zero-order valence-corrected chi connectivity index (χ0v) is 22.3. The Kier molecular flexibility index (Phi) is 9.72. The number of hydrogen-bond donors (Lipinski definition) is 0. The van der Waals surface area contributed by atoms with Gasteiger partial charge >= 0.3 is 5.97 Å². The van der Waals surface area contributed by atoms with Gasteiger partial charge in [0.2, 0.25) is 0 Å². The SMILES string of the molecule is CCCCc1ccc(C2CCC(OC(=O)c3ccc(C4CCC(CCC)CC4)c(F)c3F)CC2)c(F)c1. The Morgan fingerprint density at radius 3 is 2.11 bits per heavy atom. The summed E-state index contributed by atoms with van der Waals surface area (Å²) >= 11 is 0. The molecule has 0 unspecified atom stereocenters. The minimum atomic E-state index is -1.10. The van der Waals surface area contributed by atoms with E-state index in [2.05, 4.69) is 13.8 Å². The van der Waals surface area contributed by atoms with E-state index in [0.717, 1.165) is 62.5 Å². The number of rotatable bonds is 9. The standard InChI is InChI=1S/C32H41F3O2/c1-3-5-7-22-10-17-26(29(33)20-22)23-13-15-25(16-14-23)37-32(36)28-19-18-27(30(34)31(28)35)24-11-8-21(6-4-2)9-12-24/h10,17-21,23-25H,3-9,11-16H2,1-2H3. The molecule has 2 fully saturated rings. The summed E-state index contributed by atoms with van der Waals surface area (Å²) < 4.78 is 50.2. The van der Waals surface area contributed by atoms with Gasteiger partial charge in [0.15, 0.2) is 11.6 Å². The van der Waals surface area contributed by atoms with E-state index in [4.69, 9.17) is 4.74 Å². The maximum atomic E-state index is 15.0. The molecule has 0 atom stereocenters. The molecule has 0 N–H and O–H groups in total. The van der Waals surface area contributed by atoms with Crippen molar-refractivity contribution in [2.75, 3.05) is 0 Å². The van der Waals surface area contributed by atoms with Crippen molar-refractivity contribution in [2.24, 2.45) is 5.92 Å². The van der Waals surface area contributed by atoms with E-state index >= 15 is 0 Å². The fourth-order valence-electron chi connectivity index (χ4n) is 6.35. The van der Waals surface area contributed by atoms with E-state index in [1.807, 2.05) is 12.1 Å². The van der Waals surface area contributed by atoms with Crippen LogP contribution in [0.5, 0.6) is 0 Å². The lowest BCUT2D eigenvalue weighted by molar-refractivity contribution is 0.0188. The number of esters is 1. The summed E-state index contributed by atoms with van der Waals surface area (Å²) in [5.41, 5.74) is 1.79. The van der Waals surface area contributed by atoms with Gasteiger partial charge in [-0.05, 0) is 111 Å². The first-order chi connectivity index (χ1) is 17.9. The Labute approximate surface area is 220 Å². The van der Waals surface area contributed by atoms with E-state index in [9.17, 15) is 18.0 Å². The van der Waals surface area contributed by atoms with Crippen LogP contribution in [0.25, 0.3) is 0 Å². The second-order valence-electron chi connectivity index (χ2n) is 11.2. The Morgan fingerprint density at radius 1 is 0.811 bits per heavy atom. The quantitative estimate of drug-likeness (QED) is 0.312. The van der Waals surface area contributed by atoms with Gasteiger partial charge in [0.1, 0.15) is 11.9 Å². The Hall–Kier alpha value is -2.30. The molecule has 4 rings (SSSR count). The Morgan fingerprint density at radius 2 is 1.46 bits per heavy atom.